The molecular formula is C21H18N4O2S. The number of nitrogens with zero attached hydrogens (tertiary/aromatic N) is 1. The third kappa shape index (κ3) is 4.15. The summed E-state index contributed by atoms with van der Waals surface area (Å²) in [6.07, 6.45) is 0. The first-order valence-electron chi connectivity index (χ1n) is 8.81. The molecule has 0 aromatic heterocycles. The molecule has 3 amide bonds. The topological polar surface area (TPSA) is 82.6 Å². The third-order valence-corrected chi connectivity index (χ3v) is 5.11. The Kier molecular flexibility index (Phi) is 5.25. The van der Waals surface area contributed by atoms with Gasteiger partial charge in [0, 0.05) is 11.9 Å². The molecule has 0 saturated heterocycles. The number of amides is 3. The van der Waals surface area contributed by atoms with Crippen molar-refractivity contribution in [1.29, 1.82) is 0 Å². The van der Waals surface area contributed by atoms with Crippen molar-refractivity contribution in [3.05, 3.63) is 72.3 Å². The van der Waals surface area contributed by atoms with E-state index < -0.39 is 6.03 Å². The van der Waals surface area contributed by atoms with Gasteiger partial charge in [0.05, 0.1) is 17.1 Å². The highest BCUT2D eigenvalue weighted by Crippen LogP contribution is 2.36. The summed E-state index contributed by atoms with van der Waals surface area (Å²) in [7, 11) is 0. The molecule has 1 aliphatic rings. The van der Waals surface area contributed by atoms with Gasteiger partial charge in [-0.15, -0.1) is 0 Å². The van der Waals surface area contributed by atoms with Gasteiger partial charge in [0.1, 0.15) is 0 Å². The lowest BCUT2D eigenvalue weighted by molar-refractivity contribution is -0.117. The Balaban J connectivity index is 1.31. The fourth-order valence-corrected chi connectivity index (χ4v) is 3.64. The standard InChI is InChI=1S/C21H18N4O2S/c26-18(25-20(27)22-12-14-6-2-1-3-7-14)13-28-21-23-16-10-4-8-15-9-5-11-17(24-21)19(15)16/h1-11H,12-13H2,(H,23,24)(H2,22,25,26,27). The van der Waals surface area contributed by atoms with Gasteiger partial charge in [-0.2, -0.15) is 0 Å². The minimum absolute atomic E-state index is 0.0860. The Labute approximate surface area is 166 Å². The molecule has 3 aromatic rings. The second-order valence-corrected chi connectivity index (χ2v) is 7.19. The summed E-state index contributed by atoms with van der Waals surface area (Å²) in [5.41, 5.74) is 2.80. The number of imide groups is 1. The largest absolute Gasteiger partial charge is 0.334 e. The number of thioether (sulfide) groups is 1. The maximum absolute atomic E-state index is 12.1. The van der Waals surface area contributed by atoms with E-state index in [-0.39, 0.29) is 11.7 Å². The first kappa shape index (κ1) is 18.1. The van der Waals surface area contributed by atoms with Crippen LogP contribution in [-0.4, -0.2) is 22.9 Å². The Bertz CT molecular complexity index is 1060. The lowest BCUT2D eigenvalue weighted by atomic mass is 10.1. The summed E-state index contributed by atoms with van der Waals surface area (Å²) < 4.78 is 0. The number of aliphatic imine (C=N–C) groups is 1. The van der Waals surface area contributed by atoms with Gasteiger partial charge >= 0.3 is 6.03 Å². The van der Waals surface area contributed by atoms with Crippen molar-refractivity contribution in [3.63, 3.8) is 0 Å². The summed E-state index contributed by atoms with van der Waals surface area (Å²) in [5.74, 6) is -0.292. The molecule has 140 valence electrons. The number of hydrogen-bond donors (Lipinski definition) is 3. The number of amidine groups is 1. The zero-order valence-electron chi connectivity index (χ0n) is 14.9. The number of urea groups is 1. The van der Waals surface area contributed by atoms with E-state index >= 15 is 0 Å². The number of anilines is 1. The van der Waals surface area contributed by atoms with E-state index in [9.17, 15) is 9.59 Å². The number of benzene rings is 3. The second-order valence-electron chi connectivity index (χ2n) is 6.23. The van der Waals surface area contributed by atoms with Crippen LogP contribution in [0.15, 0.2) is 71.7 Å². The average molecular weight is 390 g/mol. The van der Waals surface area contributed by atoms with E-state index in [1.54, 1.807) is 0 Å². The van der Waals surface area contributed by atoms with Gasteiger partial charge in [-0.3, -0.25) is 10.1 Å². The van der Waals surface area contributed by atoms with Crippen molar-refractivity contribution in [2.75, 3.05) is 11.1 Å². The molecule has 1 heterocycles. The number of hydrogen-bond acceptors (Lipinski definition) is 5. The Morgan fingerprint density at radius 2 is 1.75 bits per heavy atom. The SMILES string of the molecule is O=C(CSC1=Nc2cccc3cccc(c23)N1)NC(=O)NCc1ccccc1. The van der Waals surface area contributed by atoms with Crippen LogP contribution in [0.2, 0.25) is 0 Å². The van der Waals surface area contributed by atoms with Gasteiger partial charge < -0.3 is 10.6 Å². The van der Waals surface area contributed by atoms with E-state index in [1.807, 2.05) is 66.7 Å². The van der Waals surface area contributed by atoms with Gasteiger partial charge in [-0.1, -0.05) is 66.4 Å². The molecule has 28 heavy (non-hydrogen) atoms. The van der Waals surface area contributed by atoms with Crippen molar-refractivity contribution in [1.82, 2.24) is 10.6 Å². The molecule has 1 aliphatic heterocycles. The molecule has 6 nitrogen and oxygen atoms in total. The summed E-state index contributed by atoms with van der Waals surface area (Å²) in [5, 5.41) is 11.1. The summed E-state index contributed by atoms with van der Waals surface area (Å²) in [6, 6.07) is 21.0. The number of carbonyl (C=O) groups excluding carboxylic acids is 2. The van der Waals surface area contributed by atoms with Crippen LogP contribution in [0.4, 0.5) is 16.2 Å². The molecule has 0 spiro atoms. The maximum Gasteiger partial charge on any atom is 0.321 e. The van der Waals surface area contributed by atoms with E-state index in [0.29, 0.717) is 11.7 Å². The zero-order chi connectivity index (χ0) is 19.3. The number of nitrogens with one attached hydrogen (secondary N) is 3. The van der Waals surface area contributed by atoms with Crippen LogP contribution in [-0.2, 0) is 11.3 Å². The molecule has 0 atom stereocenters. The molecule has 0 bridgehead atoms. The minimum Gasteiger partial charge on any atom is -0.334 e. The van der Waals surface area contributed by atoms with Gasteiger partial charge in [0.25, 0.3) is 0 Å². The molecule has 0 saturated carbocycles. The fraction of sp³-hybridized carbons (Fsp3) is 0.0952. The van der Waals surface area contributed by atoms with Gasteiger partial charge in [0.2, 0.25) is 5.91 Å². The summed E-state index contributed by atoms with van der Waals surface area (Å²) in [4.78, 5) is 28.5. The molecular weight excluding hydrogens is 372 g/mol. The van der Waals surface area contributed by atoms with Gasteiger partial charge in [-0.05, 0) is 23.1 Å². The predicted octanol–water partition coefficient (Wildman–Crippen LogP) is 4.01. The quantitative estimate of drug-likeness (QED) is 0.629. The molecule has 4 rings (SSSR count). The molecule has 0 radical (unpaired) electrons. The maximum atomic E-state index is 12.1. The summed E-state index contributed by atoms with van der Waals surface area (Å²) in [6.45, 7) is 0.363. The molecule has 0 fully saturated rings. The van der Waals surface area contributed by atoms with Crippen LogP contribution in [0.3, 0.4) is 0 Å². The zero-order valence-corrected chi connectivity index (χ0v) is 15.8. The van der Waals surface area contributed by atoms with Crippen molar-refractivity contribution in [2.45, 2.75) is 6.54 Å². The lowest BCUT2D eigenvalue weighted by Gasteiger charge is -2.18. The second kappa shape index (κ2) is 8.14. The fourth-order valence-electron chi connectivity index (χ4n) is 2.96. The molecule has 0 aliphatic carbocycles. The smallest absolute Gasteiger partial charge is 0.321 e. The third-order valence-electron chi connectivity index (χ3n) is 4.24. The number of carbonyl (C=O) groups is 2. The van der Waals surface area contributed by atoms with Crippen LogP contribution in [0, 0.1) is 0 Å². The molecule has 0 unspecified atom stereocenters. The van der Waals surface area contributed by atoms with Gasteiger partial charge in [0.15, 0.2) is 5.17 Å². The Morgan fingerprint density at radius 1 is 0.964 bits per heavy atom. The van der Waals surface area contributed by atoms with Crippen LogP contribution in [0.1, 0.15) is 5.56 Å². The highest BCUT2D eigenvalue weighted by atomic mass is 32.2. The first-order valence-corrected chi connectivity index (χ1v) is 9.79. The highest BCUT2D eigenvalue weighted by Gasteiger charge is 2.16. The highest BCUT2D eigenvalue weighted by molar-refractivity contribution is 8.14. The Hall–Kier alpha value is -3.32. The van der Waals surface area contributed by atoms with Crippen LogP contribution in [0.25, 0.3) is 10.8 Å². The normalized spacial score (nSPS) is 12.1. The van der Waals surface area contributed by atoms with Crippen molar-refractivity contribution in [3.8, 4) is 0 Å². The van der Waals surface area contributed by atoms with Gasteiger partial charge in [-0.25, -0.2) is 9.79 Å². The number of rotatable bonds is 4. The molecule has 7 heteroatoms. The van der Waals surface area contributed by atoms with E-state index in [0.717, 1.165) is 27.7 Å². The van der Waals surface area contributed by atoms with E-state index in [2.05, 4.69) is 20.9 Å². The Morgan fingerprint density at radius 3 is 2.57 bits per heavy atom. The van der Waals surface area contributed by atoms with E-state index in [4.69, 9.17) is 0 Å². The predicted molar refractivity (Wildman–Crippen MR) is 114 cm³/mol. The summed E-state index contributed by atoms with van der Waals surface area (Å²) >= 11 is 1.26. The monoisotopic (exact) mass is 390 g/mol. The van der Waals surface area contributed by atoms with Crippen molar-refractivity contribution in [2.24, 2.45) is 4.99 Å². The molecule has 3 aromatic carbocycles. The van der Waals surface area contributed by atoms with Crippen LogP contribution in [0.5, 0.6) is 0 Å². The van der Waals surface area contributed by atoms with Crippen LogP contribution < -0.4 is 16.0 Å². The van der Waals surface area contributed by atoms with E-state index in [1.165, 1.54) is 11.8 Å². The molecule has 3 N–H and O–H groups in total. The lowest BCUT2D eigenvalue weighted by Crippen LogP contribution is -2.40. The van der Waals surface area contributed by atoms with Crippen molar-refractivity contribution < 1.29 is 9.59 Å². The van der Waals surface area contributed by atoms with Crippen LogP contribution >= 0.6 is 11.8 Å². The first-order chi connectivity index (χ1) is 13.7. The minimum atomic E-state index is -0.511. The van der Waals surface area contributed by atoms with Crippen molar-refractivity contribution >= 4 is 51.0 Å². The average Bonchev–Trinajstić information content (AvgIpc) is 2.72.